The molecule has 6 heteroatoms. The molecule has 0 aliphatic carbocycles. The van der Waals surface area contributed by atoms with Crippen molar-refractivity contribution >= 4 is 33.0 Å². The highest BCUT2D eigenvalue weighted by Crippen LogP contribution is 2.23. The third kappa shape index (κ3) is 3.57. The van der Waals surface area contributed by atoms with Crippen LogP contribution < -0.4 is 4.72 Å². The molecule has 1 atom stereocenters. The van der Waals surface area contributed by atoms with E-state index in [2.05, 4.69) is 4.72 Å². The largest absolute Gasteiger partial charge is 0.250 e. The zero-order valence-corrected chi connectivity index (χ0v) is 12.7. The van der Waals surface area contributed by atoms with Crippen molar-refractivity contribution in [1.29, 1.82) is 0 Å². The van der Waals surface area contributed by atoms with Crippen molar-refractivity contribution < 1.29 is 8.42 Å². The van der Waals surface area contributed by atoms with Gasteiger partial charge in [0.1, 0.15) is 4.21 Å². The standard InChI is InChI=1S/C13H14ClNO2S2/c1-2-12(10-5-7-11(14)8-6-10)15-19(16,17)13-4-3-9-18-13/h3-9,12,15H,2H2,1H3/t12-/m0/s1. The van der Waals surface area contributed by atoms with Crippen LogP contribution in [0.5, 0.6) is 0 Å². The van der Waals surface area contributed by atoms with Gasteiger partial charge in [-0.1, -0.05) is 36.7 Å². The second-order valence-corrected chi connectivity index (χ2v) is 7.39. The summed E-state index contributed by atoms with van der Waals surface area (Å²) in [5.41, 5.74) is 0.909. The van der Waals surface area contributed by atoms with E-state index in [1.807, 2.05) is 19.1 Å². The van der Waals surface area contributed by atoms with Crippen LogP contribution in [0.1, 0.15) is 24.9 Å². The molecule has 0 bridgehead atoms. The van der Waals surface area contributed by atoms with E-state index in [0.717, 1.165) is 5.56 Å². The predicted molar refractivity (Wildman–Crippen MR) is 79.1 cm³/mol. The Morgan fingerprint density at radius 3 is 2.47 bits per heavy atom. The SMILES string of the molecule is CC[C@H](NS(=O)(=O)c1cccs1)c1ccc(Cl)cc1. The van der Waals surface area contributed by atoms with Crippen LogP contribution in [0.15, 0.2) is 46.0 Å². The van der Waals surface area contributed by atoms with Crippen LogP contribution in [-0.2, 0) is 10.0 Å². The van der Waals surface area contributed by atoms with E-state index in [0.29, 0.717) is 15.7 Å². The number of benzene rings is 1. The molecule has 0 aliphatic heterocycles. The normalized spacial score (nSPS) is 13.4. The third-order valence-electron chi connectivity index (χ3n) is 2.74. The van der Waals surface area contributed by atoms with E-state index in [9.17, 15) is 8.42 Å². The van der Waals surface area contributed by atoms with E-state index >= 15 is 0 Å². The van der Waals surface area contributed by atoms with Crippen molar-refractivity contribution in [3.8, 4) is 0 Å². The summed E-state index contributed by atoms with van der Waals surface area (Å²) in [7, 11) is -3.45. The van der Waals surface area contributed by atoms with Gasteiger partial charge in [0.25, 0.3) is 10.0 Å². The molecule has 0 fully saturated rings. The van der Waals surface area contributed by atoms with Gasteiger partial charge in [0, 0.05) is 11.1 Å². The van der Waals surface area contributed by atoms with Gasteiger partial charge in [0.05, 0.1) is 0 Å². The second kappa shape index (κ2) is 6.05. The minimum absolute atomic E-state index is 0.246. The minimum Gasteiger partial charge on any atom is -0.206 e. The first-order chi connectivity index (χ1) is 9.03. The van der Waals surface area contributed by atoms with Gasteiger partial charge in [-0.05, 0) is 35.6 Å². The van der Waals surface area contributed by atoms with Crippen molar-refractivity contribution in [1.82, 2.24) is 4.72 Å². The molecule has 1 N–H and O–H groups in total. The van der Waals surface area contributed by atoms with Crippen LogP contribution >= 0.6 is 22.9 Å². The average molecular weight is 316 g/mol. The number of hydrogen-bond acceptors (Lipinski definition) is 3. The smallest absolute Gasteiger partial charge is 0.206 e. The van der Waals surface area contributed by atoms with Gasteiger partial charge in [0.2, 0.25) is 0 Å². The van der Waals surface area contributed by atoms with Gasteiger partial charge in [-0.25, -0.2) is 13.1 Å². The molecule has 0 unspecified atom stereocenters. The van der Waals surface area contributed by atoms with Crippen LogP contribution in [0.25, 0.3) is 0 Å². The molecule has 0 amide bonds. The Bertz CT molecular complexity index is 621. The number of nitrogens with one attached hydrogen (secondary N) is 1. The lowest BCUT2D eigenvalue weighted by molar-refractivity contribution is 0.552. The number of sulfonamides is 1. The van der Waals surface area contributed by atoms with Crippen molar-refractivity contribution in [2.24, 2.45) is 0 Å². The molecule has 0 spiro atoms. The molecule has 1 heterocycles. The minimum atomic E-state index is -3.45. The summed E-state index contributed by atoms with van der Waals surface area (Å²) in [6.45, 7) is 1.94. The molecule has 2 rings (SSSR count). The molecule has 0 aliphatic rings. The summed E-state index contributed by atoms with van der Waals surface area (Å²) < 4.78 is 27.4. The monoisotopic (exact) mass is 315 g/mol. The van der Waals surface area contributed by atoms with Crippen LogP contribution in [0.4, 0.5) is 0 Å². The molecule has 1 aromatic heterocycles. The van der Waals surface area contributed by atoms with Crippen molar-refractivity contribution in [2.75, 3.05) is 0 Å². The fourth-order valence-corrected chi connectivity index (χ4v) is 4.19. The van der Waals surface area contributed by atoms with Crippen LogP contribution in [-0.4, -0.2) is 8.42 Å². The van der Waals surface area contributed by atoms with Crippen LogP contribution in [0.3, 0.4) is 0 Å². The van der Waals surface area contributed by atoms with Gasteiger partial charge in [0.15, 0.2) is 0 Å². The fourth-order valence-electron chi connectivity index (χ4n) is 1.74. The van der Waals surface area contributed by atoms with E-state index < -0.39 is 10.0 Å². The lowest BCUT2D eigenvalue weighted by Crippen LogP contribution is -2.27. The molecule has 0 saturated heterocycles. The van der Waals surface area contributed by atoms with Crippen molar-refractivity contribution in [2.45, 2.75) is 23.6 Å². The summed E-state index contributed by atoms with van der Waals surface area (Å²) in [5, 5.41) is 2.39. The molecular weight excluding hydrogens is 302 g/mol. The highest BCUT2D eigenvalue weighted by molar-refractivity contribution is 7.91. The third-order valence-corrected chi connectivity index (χ3v) is 5.86. The highest BCUT2D eigenvalue weighted by atomic mass is 35.5. The number of rotatable bonds is 5. The molecule has 2 aromatic rings. The van der Waals surface area contributed by atoms with E-state index in [1.165, 1.54) is 11.3 Å². The van der Waals surface area contributed by atoms with E-state index in [1.54, 1.807) is 29.6 Å². The fraction of sp³-hybridized carbons (Fsp3) is 0.231. The molecular formula is C13H14ClNO2S2. The maximum absolute atomic E-state index is 12.2. The summed E-state index contributed by atoms with van der Waals surface area (Å²) in [5.74, 6) is 0. The summed E-state index contributed by atoms with van der Waals surface area (Å²) in [4.78, 5) is 0. The zero-order chi connectivity index (χ0) is 13.9. The summed E-state index contributed by atoms with van der Waals surface area (Å²) >= 11 is 7.05. The van der Waals surface area contributed by atoms with Gasteiger partial charge < -0.3 is 0 Å². The van der Waals surface area contributed by atoms with Crippen LogP contribution in [0, 0.1) is 0 Å². The second-order valence-electron chi connectivity index (χ2n) is 4.07. The number of hydrogen-bond donors (Lipinski definition) is 1. The van der Waals surface area contributed by atoms with Gasteiger partial charge in [-0.3, -0.25) is 0 Å². The zero-order valence-electron chi connectivity index (χ0n) is 10.3. The maximum atomic E-state index is 12.2. The topological polar surface area (TPSA) is 46.2 Å². The summed E-state index contributed by atoms with van der Waals surface area (Å²) in [6.07, 6.45) is 0.673. The molecule has 0 saturated carbocycles. The quantitative estimate of drug-likeness (QED) is 0.911. The predicted octanol–water partition coefficient (Wildman–Crippen LogP) is 3.83. The Kier molecular flexibility index (Phi) is 4.62. The van der Waals surface area contributed by atoms with E-state index in [4.69, 9.17) is 11.6 Å². The first kappa shape index (κ1) is 14.5. The van der Waals surface area contributed by atoms with E-state index in [-0.39, 0.29) is 6.04 Å². The molecule has 102 valence electrons. The van der Waals surface area contributed by atoms with Crippen molar-refractivity contribution in [3.63, 3.8) is 0 Å². The summed E-state index contributed by atoms with van der Waals surface area (Å²) in [6, 6.07) is 10.3. The van der Waals surface area contributed by atoms with Gasteiger partial charge in [-0.2, -0.15) is 0 Å². The number of thiophene rings is 1. The Morgan fingerprint density at radius 2 is 1.95 bits per heavy atom. The Morgan fingerprint density at radius 1 is 1.26 bits per heavy atom. The van der Waals surface area contributed by atoms with Gasteiger partial charge >= 0.3 is 0 Å². The Hall–Kier alpha value is -0.880. The van der Waals surface area contributed by atoms with Crippen LogP contribution in [0.2, 0.25) is 5.02 Å². The molecule has 3 nitrogen and oxygen atoms in total. The lowest BCUT2D eigenvalue weighted by atomic mass is 10.1. The molecule has 19 heavy (non-hydrogen) atoms. The maximum Gasteiger partial charge on any atom is 0.250 e. The average Bonchev–Trinajstić information content (AvgIpc) is 2.92. The van der Waals surface area contributed by atoms with Gasteiger partial charge in [-0.15, -0.1) is 11.3 Å². The first-order valence-electron chi connectivity index (χ1n) is 5.84. The van der Waals surface area contributed by atoms with Crippen molar-refractivity contribution in [3.05, 3.63) is 52.4 Å². The number of halogens is 1. The Labute approximate surface area is 122 Å². The first-order valence-corrected chi connectivity index (χ1v) is 8.58. The molecule has 1 aromatic carbocycles. The highest BCUT2D eigenvalue weighted by Gasteiger charge is 2.20. The molecule has 0 radical (unpaired) electrons. The lowest BCUT2D eigenvalue weighted by Gasteiger charge is -2.17. The Balaban J connectivity index is 2.22.